The highest BCUT2D eigenvalue weighted by Gasteiger charge is 2.20. The van der Waals surface area contributed by atoms with Crippen molar-refractivity contribution < 1.29 is 14.6 Å². The Morgan fingerprint density at radius 2 is 2.20 bits per heavy atom. The number of aliphatic hydroxyl groups excluding tert-OH is 1. The van der Waals surface area contributed by atoms with Crippen LogP contribution in [-0.4, -0.2) is 27.7 Å². The molecule has 0 radical (unpaired) electrons. The van der Waals surface area contributed by atoms with E-state index in [2.05, 4.69) is 15.3 Å². The second-order valence-corrected chi connectivity index (χ2v) is 6.60. The maximum absolute atomic E-state index is 12.1. The van der Waals surface area contributed by atoms with E-state index in [9.17, 15) is 9.90 Å². The predicted molar refractivity (Wildman–Crippen MR) is 98.5 cm³/mol. The average Bonchev–Trinajstić information content (AvgIpc) is 2.93. The molecular weight excluding hydrogens is 338 g/mol. The molecule has 2 N–H and O–H groups in total. The molecule has 6 nitrogen and oxygen atoms in total. The van der Waals surface area contributed by atoms with Gasteiger partial charge in [0.1, 0.15) is 21.9 Å². The van der Waals surface area contributed by atoms with Gasteiger partial charge in [0.2, 0.25) is 0 Å². The highest BCUT2D eigenvalue weighted by molar-refractivity contribution is 7.20. The fourth-order valence-electron chi connectivity index (χ4n) is 2.57. The summed E-state index contributed by atoms with van der Waals surface area (Å²) in [6.45, 7) is 5.69. The second kappa shape index (κ2) is 7.16. The number of anilines is 2. The second-order valence-electron chi connectivity index (χ2n) is 5.61. The molecule has 1 atom stereocenters. The molecule has 0 saturated heterocycles. The third-order valence-corrected chi connectivity index (χ3v) is 5.00. The molecule has 3 rings (SSSR count). The van der Waals surface area contributed by atoms with E-state index in [-0.39, 0.29) is 5.97 Å². The van der Waals surface area contributed by atoms with Crippen LogP contribution in [0.2, 0.25) is 0 Å². The number of hydrogen-bond donors (Lipinski definition) is 2. The van der Waals surface area contributed by atoms with Crippen molar-refractivity contribution in [1.82, 2.24) is 9.97 Å². The number of aliphatic hydroxyl groups is 1. The number of carbonyl (C=O) groups excluding carboxylic acids is 1. The Hall–Kier alpha value is -2.51. The molecule has 0 bridgehead atoms. The van der Waals surface area contributed by atoms with Crippen LogP contribution in [0.1, 0.15) is 40.8 Å². The fraction of sp³-hybridized carbons (Fsp3) is 0.278. The minimum atomic E-state index is -0.550. The molecule has 0 aliphatic heterocycles. The van der Waals surface area contributed by atoms with E-state index in [0.717, 1.165) is 27.0 Å². The van der Waals surface area contributed by atoms with E-state index in [4.69, 9.17) is 4.74 Å². The predicted octanol–water partition coefficient (Wildman–Crippen LogP) is 3.97. The van der Waals surface area contributed by atoms with Crippen molar-refractivity contribution >= 4 is 39.0 Å². The summed E-state index contributed by atoms with van der Waals surface area (Å²) >= 11 is 1.30. The van der Waals surface area contributed by atoms with Gasteiger partial charge in [-0.1, -0.05) is 12.1 Å². The molecule has 0 aliphatic carbocycles. The lowest BCUT2D eigenvalue weighted by atomic mass is 10.1. The van der Waals surface area contributed by atoms with E-state index < -0.39 is 6.10 Å². The molecule has 0 spiro atoms. The van der Waals surface area contributed by atoms with E-state index in [1.54, 1.807) is 13.8 Å². The highest BCUT2D eigenvalue weighted by Crippen LogP contribution is 2.35. The van der Waals surface area contributed by atoms with Gasteiger partial charge in [-0.05, 0) is 44.0 Å². The van der Waals surface area contributed by atoms with Gasteiger partial charge in [0.15, 0.2) is 0 Å². The first kappa shape index (κ1) is 17.3. The number of fused-ring (bicyclic) bond motifs is 1. The van der Waals surface area contributed by atoms with E-state index >= 15 is 0 Å². The average molecular weight is 357 g/mol. The van der Waals surface area contributed by atoms with Gasteiger partial charge < -0.3 is 15.2 Å². The molecular formula is C18H19N3O3S. The molecule has 0 saturated carbocycles. The largest absolute Gasteiger partial charge is 0.462 e. The van der Waals surface area contributed by atoms with Gasteiger partial charge in [-0.3, -0.25) is 0 Å². The molecule has 0 fully saturated rings. The van der Waals surface area contributed by atoms with Crippen LogP contribution in [-0.2, 0) is 4.74 Å². The van der Waals surface area contributed by atoms with Gasteiger partial charge in [0.25, 0.3) is 0 Å². The molecule has 0 aliphatic rings. The van der Waals surface area contributed by atoms with Gasteiger partial charge in [0, 0.05) is 5.69 Å². The van der Waals surface area contributed by atoms with Crippen molar-refractivity contribution in [1.29, 1.82) is 0 Å². The zero-order valence-corrected chi connectivity index (χ0v) is 15.1. The fourth-order valence-corrected chi connectivity index (χ4v) is 3.61. The van der Waals surface area contributed by atoms with Gasteiger partial charge in [-0.15, -0.1) is 11.3 Å². The lowest BCUT2D eigenvalue weighted by Crippen LogP contribution is -2.03. The quantitative estimate of drug-likeness (QED) is 0.672. The summed E-state index contributed by atoms with van der Waals surface area (Å²) in [4.78, 5) is 22.0. The van der Waals surface area contributed by atoms with Crippen LogP contribution in [0.3, 0.4) is 0 Å². The number of aryl methyl sites for hydroxylation is 1. The van der Waals surface area contributed by atoms with Crippen molar-refractivity contribution in [2.24, 2.45) is 0 Å². The Kier molecular flexibility index (Phi) is 4.96. The standard InChI is InChI=1S/C18H19N3O3S/c1-4-24-18(23)15-10(2)14-16(19-9-20-17(14)25-15)21-13-7-5-6-12(8-13)11(3)22/h5-9,11,22H,4H2,1-3H3,(H,19,20,21). The van der Waals surface area contributed by atoms with Gasteiger partial charge in [-0.2, -0.15) is 0 Å². The topological polar surface area (TPSA) is 84.3 Å². The monoisotopic (exact) mass is 357 g/mol. The number of benzene rings is 1. The third-order valence-electron chi connectivity index (χ3n) is 3.82. The molecule has 3 aromatic rings. The van der Waals surface area contributed by atoms with E-state index in [1.165, 1.54) is 17.7 Å². The smallest absolute Gasteiger partial charge is 0.348 e. The number of hydrogen-bond acceptors (Lipinski definition) is 7. The maximum atomic E-state index is 12.1. The Morgan fingerprint density at radius 1 is 1.40 bits per heavy atom. The molecule has 130 valence electrons. The molecule has 1 aromatic carbocycles. The molecule has 0 amide bonds. The number of nitrogens with one attached hydrogen (secondary N) is 1. The molecule has 2 heterocycles. The summed E-state index contributed by atoms with van der Waals surface area (Å²) in [6.07, 6.45) is 0.916. The van der Waals surface area contributed by atoms with Crippen molar-refractivity contribution in [3.63, 3.8) is 0 Å². The van der Waals surface area contributed by atoms with Crippen LogP contribution >= 0.6 is 11.3 Å². The Labute approximate surface area is 149 Å². The number of thiophene rings is 1. The number of carbonyl (C=O) groups is 1. The summed E-state index contributed by atoms with van der Waals surface area (Å²) in [5.74, 6) is 0.280. The number of nitrogens with zero attached hydrogens (tertiary/aromatic N) is 2. The lowest BCUT2D eigenvalue weighted by Gasteiger charge is -2.10. The number of ether oxygens (including phenoxy) is 1. The summed E-state index contributed by atoms with van der Waals surface area (Å²) in [5.41, 5.74) is 2.42. The van der Waals surface area contributed by atoms with Crippen LogP contribution < -0.4 is 5.32 Å². The van der Waals surface area contributed by atoms with Gasteiger partial charge in [0.05, 0.1) is 18.1 Å². The first-order valence-electron chi connectivity index (χ1n) is 7.97. The van der Waals surface area contributed by atoms with Crippen LogP contribution in [0, 0.1) is 6.92 Å². The van der Waals surface area contributed by atoms with Crippen LogP contribution in [0.4, 0.5) is 11.5 Å². The SMILES string of the molecule is CCOC(=O)c1sc2ncnc(Nc3cccc(C(C)O)c3)c2c1C. The zero-order chi connectivity index (χ0) is 18.0. The first-order valence-corrected chi connectivity index (χ1v) is 8.79. The lowest BCUT2D eigenvalue weighted by molar-refractivity contribution is 0.0531. The summed E-state index contributed by atoms with van der Waals surface area (Å²) in [6, 6.07) is 7.49. The normalized spacial score (nSPS) is 12.2. The van der Waals surface area contributed by atoms with Crippen molar-refractivity contribution in [3.05, 3.63) is 46.6 Å². The number of rotatable bonds is 5. The number of aromatic nitrogens is 2. The van der Waals surface area contributed by atoms with Gasteiger partial charge in [-0.25, -0.2) is 14.8 Å². The highest BCUT2D eigenvalue weighted by atomic mass is 32.1. The van der Waals surface area contributed by atoms with E-state index in [0.29, 0.717) is 17.3 Å². The minimum Gasteiger partial charge on any atom is -0.462 e. The Morgan fingerprint density at radius 3 is 2.92 bits per heavy atom. The maximum Gasteiger partial charge on any atom is 0.348 e. The van der Waals surface area contributed by atoms with Crippen LogP contribution in [0.15, 0.2) is 30.6 Å². The zero-order valence-electron chi connectivity index (χ0n) is 14.2. The number of esters is 1. The summed E-state index contributed by atoms with van der Waals surface area (Å²) in [5, 5.41) is 13.8. The van der Waals surface area contributed by atoms with Crippen molar-refractivity contribution in [2.45, 2.75) is 26.9 Å². The minimum absolute atomic E-state index is 0.329. The Balaban J connectivity index is 2.02. The third kappa shape index (κ3) is 3.47. The van der Waals surface area contributed by atoms with Gasteiger partial charge >= 0.3 is 5.97 Å². The van der Waals surface area contributed by atoms with Crippen molar-refractivity contribution in [3.8, 4) is 0 Å². The molecule has 25 heavy (non-hydrogen) atoms. The van der Waals surface area contributed by atoms with Crippen LogP contribution in [0.5, 0.6) is 0 Å². The van der Waals surface area contributed by atoms with Crippen molar-refractivity contribution in [2.75, 3.05) is 11.9 Å². The Bertz CT molecular complexity index is 921. The molecule has 2 aromatic heterocycles. The summed E-state index contributed by atoms with van der Waals surface area (Å²) < 4.78 is 5.11. The summed E-state index contributed by atoms with van der Waals surface area (Å²) in [7, 11) is 0. The van der Waals surface area contributed by atoms with Crippen LogP contribution in [0.25, 0.3) is 10.2 Å². The molecule has 7 heteroatoms. The van der Waals surface area contributed by atoms with E-state index in [1.807, 2.05) is 31.2 Å². The molecule has 1 unspecified atom stereocenters. The first-order chi connectivity index (χ1) is 12.0.